The first-order valence-electron chi connectivity index (χ1n) is 5.53. The monoisotopic (exact) mass is 290 g/mol. The molecule has 0 aromatic heterocycles. The van der Waals surface area contributed by atoms with Gasteiger partial charge in [-0.15, -0.1) is 0 Å². The molecule has 0 fully saturated rings. The molecule has 0 spiro atoms. The number of hydrogen-bond acceptors (Lipinski definition) is 2. The normalized spacial score (nSPS) is 12.4. The molecule has 0 aliphatic carbocycles. The first-order valence-corrected chi connectivity index (χ1v) is 6.32. The van der Waals surface area contributed by atoms with E-state index in [0.717, 1.165) is 4.47 Å². The summed E-state index contributed by atoms with van der Waals surface area (Å²) in [5, 5.41) is 0. The van der Waals surface area contributed by atoms with E-state index in [4.69, 9.17) is 5.84 Å². The molecule has 0 aliphatic rings. The van der Waals surface area contributed by atoms with Gasteiger partial charge >= 0.3 is 0 Å². The summed E-state index contributed by atoms with van der Waals surface area (Å²) in [5.41, 5.74) is 6.36. The van der Waals surface area contributed by atoms with Crippen molar-refractivity contribution in [1.29, 1.82) is 0 Å². The van der Waals surface area contributed by atoms with Crippen LogP contribution >= 0.6 is 15.9 Å². The van der Waals surface area contributed by atoms with E-state index in [0.29, 0.717) is 0 Å². The van der Waals surface area contributed by atoms with E-state index in [1.54, 1.807) is 0 Å². The van der Waals surface area contributed by atoms with Crippen molar-refractivity contribution in [3.63, 3.8) is 0 Å². The molecule has 0 saturated heterocycles. The van der Waals surface area contributed by atoms with Gasteiger partial charge in [-0.3, -0.25) is 11.3 Å². The summed E-state index contributed by atoms with van der Waals surface area (Å²) in [4.78, 5) is 0. The second-order valence-electron chi connectivity index (χ2n) is 4.02. The highest BCUT2D eigenvalue weighted by Crippen LogP contribution is 2.23. The van der Waals surface area contributed by atoms with Gasteiger partial charge in [0.1, 0.15) is 0 Å². The van der Waals surface area contributed by atoms with Crippen LogP contribution in [0.2, 0.25) is 0 Å². The second kappa shape index (κ2) is 5.45. The number of hydrazine groups is 1. The van der Waals surface area contributed by atoms with Crippen molar-refractivity contribution in [3.05, 3.63) is 58.6 Å². The van der Waals surface area contributed by atoms with Gasteiger partial charge in [-0.25, -0.2) is 0 Å². The van der Waals surface area contributed by atoms with Crippen LogP contribution < -0.4 is 11.3 Å². The van der Waals surface area contributed by atoms with E-state index >= 15 is 0 Å². The summed E-state index contributed by atoms with van der Waals surface area (Å²) < 4.78 is 1.10. The maximum Gasteiger partial charge on any atom is 0.0431 e. The second-order valence-corrected chi connectivity index (χ2v) is 4.93. The number of hydrogen-bond donors (Lipinski definition) is 2. The SMILES string of the molecule is C[C@H](NN)c1ccc(-c2ccc(Br)cc2)cc1. The Kier molecular flexibility index (Phi) is 3.94. The molecule has 2 aromatic rings. The van der Waals surface area contributed by atoms with Crippen LogP contribution in [0, 0.1) is 0 Å². The summed E-state index contributed by atoms with van der Waals surface area (Å²) in [6.45, 7) is 2.04. The fourth-order valence-electron chi connectivity index (χ4n) is 1.70. The Bertz CT molecular complexity index is 477. The quantitative estimate of drug-likeness (QED) is 0.669. The van der Waals surface area contributed by atoms with Crippen LogP contribution in [-0.4, -0.2) is 0 Å². The maximum atomic E-state index is 5.41. The summed E-state index contributed by atoms with van der Waals surface area (Å²) in [5.74, 6) is 5.41. The molecule has 0 bridgehead atoms. The fourth-order valence-corrected chi connectivity index (χ4v) is 1.97. The molecular formula is C14H15BrN2. The molecule has 0 amide bonds. The zero-order chi connectivity index (χ0) is 12.3. The Morgan fingerprint density at radius 1 is 0.941 bits per heavy atom. The van der Waals surface area contributed by atoms with Crippen molar-refractivity contribution in [1.82, 2.24) is 5.43 Å². The van der Waals surface area contributed by atoms with Gasteiger partial charge in [0.25, 0.3) is 0 Å². The highest BCUT2D eigenvalue weighted by atomic mass is 79.9. The average Bonchev–Trinajstić information content (AvgIpc) is 2.39. The standard InChI is InChI=1S/C14H15BrN2/c1-10(17-16)11-2-4-12(5-3-11)13-6-8-14(15)9-7-13/h2-10,17H,16H2,1H3/t10-/m0/s1. The minimum absolute atomic E-state index is 0.175. The zero-order valence-corrected chi connectivity index (χ0v) is 11.2. The van der Waals surface area contributed by atoms with Gasteiger partial charge in [-0.1, -0.05) is 52.3 Å². The van der Waals surface area contributed by atoms with Crippen LogP contribution in [0.1, 0.15) is 18.5 Å². The summed E-state index contributed by atoms with van der Waals surface area (Å²) >= 11 is 3.44. The lowest BCUT2D eigenvalue weighted by atomic mass is 10.0. The van der Waals surface area contributed by atoms with E-state index in [1.165, 1.54) is 16.7 Å². The van der Waals surface area contributed by atoms with Crippen molar-refractivity contribution in [2.24, 2.45) is 5.84 Å². The lowest BCUT2D eigenvalue weighted by Gasteiger charge is -2.11. The van der Waals surface area contributed by atoms with E-state index in [-0.39, 0.29) is 6.04 Å². The predicted molar refractivity (Wildman–Crippen MR) is 75.3 cm³/mol. The molecule has 88 valence electrons. The number of halogens is 1. The lowest BCUT2D eigenvalue weighted by molar-refractivity contribution is 0.602. The van der Waals surface area contributed by atoms with Crippen LogP contribution in [-0.2, 0) is 0 Å². The lowest BCUT2D eigenvalue weighted by Crippen LogP contribution is -2.25. The average molecular weight is 291 g/mol. The number of nitrogens with two attached hydrogens (primary N) is 1. The molecular weight excluding hydrogens is 276 g/mol. The zero-order valence-electron chi connectivity index (χ0n) is 9.65. The van der Waals surface area contributed by atoms with E-state index in [9.17, 15) is 0 Å². The van der Waals surface area contributed by atoms with Crippen molar-refractivity contribution in [2.75, 3.05) is 0 Å². The molecule has 0 aliphatic heterocycles. The van der Waals surface area contributed by atoms with Crippen LogP contribution in [0.15, 0.2) is 53.0 Å². The van der Waals surface area contributed by atoms with Gasteiger partial charge in [-0.2, -0.15) is 0 Å². The molecule has 2 rings (SSSR count). The smallest absolute Gasteiger partial charge is 0.0431 e. The fraction of sp³-hybridized carbons (Fsp3) is 0.143. The third-order valence-electron chi connectivity index (χ3n) is 2.84. The Balaban J connectivity index is 2.26. The maximum absolute atomic E-state index is 5.41. The third-order valence-corrected chi connectivity index (χ3v) is 3.37. The van der Waals surface area contributed by atoms with E-state index < -0.39 is 0 Å². The van der Waals surface area contributed by atoms with Gasteiger partial charge < -0.3 is 0 Å². The number of benzene rings is 2. The van der Waals surface area contributed by atoms with Gasteiger partial charge in [0, 0.05) is 10.5 Å². The minimum Gasteiger partial charge on any atom is -0.271 e. The van der Waals surface area contributed by atoms with Crippen molar-refractivity contribution < 1.29 is 0 Å². The first kappa shape index (κ1) is 12.3. The Morgan fingerprint density at radius 2 is 1.41 bits per heavy atom. The molecule has 1 atom stereocenters. The van der Waals surface area contributed by atoms with Crippen molar-refractivity contribution in [2.45, 2.75) is 13.0 Å². The molecule has 0 unspecified atom stereocenters. The van der Waals surface area contributed by atoms with Crippen LogP contribution in [0.4, 0.5) is 0 Å². The van der Waals surface area contributed by atoms with Gasteiger partial charge in [0.15, 0.2) is 0 Å². The molecule has 3 heteroatoms. The van der Waals surface area contributed by atoms with Gasteiger partial charge in [0.2, 0.25) is 0 Å². The molecule has 2 nitrogen and oxygen atoms in total. The molecule has 0 saturated carbocycles. The minimum atomic E-state index is 0.175. The van der Waals surface area contributed by atoms with Crippen LogP contribution in [0.25, 0.3) is 11.1 Å². The molecule has 17 heavy (non-hydrogen) atoms. The highest BCUT2D eigenvalue weighted by Gasteiger charge is 2.03. The molecule has 0 radical (unpaired) electrons. The van der Waals surface area contributed by atoms with Crippen LogP contribution in [0.5, 0.6) is 0 Å². The van der Waals surface area contributed by atoms with E-state index in [2.05, 4.69) is 57.8 Å². The van der Waals surface area contributed by atoms with Crippen LogP contribution in [0.3, 0.4) is 0 Å². The predicted octanol–water partition coefficient (Wildman–Crippen LogP) is 3.64. The molecule has 0 heterocycles. The topological polar surface area (TPSA) is 38.0 Å². The Hall–Kier alpha value is -1.16. The van der Waals surface area contributed by atoms with Gasteiger partial charge in [-0.05, 0) is 35.7 Å². The highest BCUT2D eigenvalue weighted by molar-refractivity contribution is 9.10. The number of nitrogens with one attached hydrogen (secondary N) is 1. The largest absolute Gasteiger partial charge is 0.271 e. The number of rotatable bonds is 3. The van der Waals surface area contributed by atoms with Crippen molar-refractivity contribution >= 4 is 15.9 Å². The summed E-state index contributed by atoms with van der Waals surface area (Å²) in [7, 11) is 0. The van der Waals surface area contributed by atoms with Gasteiger partial charge in [0.05, 0.1) is 0 Å². The third kappa shape index (κ3) is 2.94. The Morgan fingerprint density at radius 3 is 1.88 bits per heavy atom. The first-order chi connectivity index (χ1) is 8.20. The molecule has 3 N–H and O–H groups in total. The summed E-state index contributed by atoms with van der Waals surface area (Å²) in [6.07, 6.45) is 0. The van der Waals surface area contributed by atoms with Crippen molar-refractivity contribution in [3.8, 4) is 11.1 Å². The molecule has 2 aromatic carbocycles. The Labute approximate surface area is 110 Å². The van der Waals surface area contributed by atoms with E-state index in [1.807, 2.05) is 19.1 Å². The summed E-state index contributed by atoms with van der Waals surface area (Å²) in [6, 6.07) is 16.9.